The topological polar surface area (TPSA) is 43.9 Å². The maximum Gasteiger partial charge on any atom is 0.121 e. The fraction of sp³-hybridized carbons (Fsp3) is 0.180. The molecule has 3 aromatic heterocycles. The fourth-order valence-corrected chi connectivity index (χ4v) is 9.12. The Morgan fingerprint density at radius 3 is 2.11 bits per heavy atom. The number of hydrogen-bond donors (Lipinski definition) is 0. The van der Waals surface area contributed by atoms with E-state index in [1.807, 2.05) is 66.9 Å². The van der Waals surface area contributed by atoms with E-state index in [0.29, 0.717) is 27.9 Å². The SMILES string of the molecule is CC(C)(C)c1ccnc(-c2[c-]cccc2)c1.[2H]C([2H])([2H])c1c[c-]c(-c2nc3ccccc3n2-c2c(C(C)C)cc(-c3ccccc3)cc2C(C)C)c2oc3cc4c(ccc5ccccc54)cc3c12.[Ir]. The summed E-state index contributed by atoms with van der Waals surface area (Å²) in [6.07, 6.45) is 1.87. The van der Waals surface area contributed by atoms with Gasteiger partial charge in [-0.05, 0) is 115 Å². The van der Waals surface area contributed by atoms with Crippen LogP contribution >= 0.6 is 0 Å². The monoisotopic (exact) mass is 1040 g/mol. The fourth-order valence-electron chi connectivity index (χ4n) is 9.12. The zero-order chi connectivity index (χ0) is 47.5. The van der Waals surface area contributed by atoms with Gasteiger partial charge in [0.05, 0.1) is 22.4 Å². The van der Waals surface area contributed by atoms with Gasteiger partial charge in [0, 0.05) is 41.5 Å². The molecule has 0 amide bonds. The van der Waals surface area contributed by atoms with Gasteiger partial charge in [0.15, 0.2) is 0 Å². The molecule has 4 nitrogen and oxygen atoms in total. The zero-order valence-corrected chi connectivity index (χ0v) is 40.7. The number of hydrogen-bond acceptors (Lipinski definition) is 3. The summed E-state index contributed by atoms with van der Waals surface area (Å²) < 4.78 is 34.8. The van der Waals surface area contributed by atoms with Crippen molar-refractivity contribution in [2.45, 2.75) is 72.6 Å². The van der Waals surface area contributed by atoms with Crippen molar-refractivity contribution >= 4 is 54.5 Å². The first kappa shape index (κ1) is 40.8. The Morgan fingerprint density at radius 2 is 1.38 bits per heavy atom. The number of rotatable bonds is 6. The van der Waals surface area contributed by atoms with Crippen LogP contribution in [0.3, 0.4) is 0 Å². The van der Waals surface area contributed by atoms with E-state index < -0.39 is 6.85 Å². The molecule has 0 atom stereocenters. The Labute approximate surface area is 405 Å². The van der Waals surface area contributed by atoms with Crippen LogP contribution in [-0.4, -0.2) is 14.5 Å². The maximum atomic E-state index is 8.57. The van der Waals surface area contributed by atoms with Gasteiger partial charge in [-0.1, -0.05) is 151 Å². The molecule has 0 saturated carbocycles. The Kier molecular flexibility index (Phi) is 11.1. The number of furan rings is 1. The molecule has 66 heavy (non-hydrogen) atoms. The largest absolute Gasteiger partial charge is 0.501 e. The number of aromatic nitrogens is 3. The first-order chi connectivity index (χ1) is 32.7. The van der Waals surface area contributed by atoms with Crippen LogP contribution in [0.2, 0.25) is 0 Å². The van der Waals surface area contributed by atoms with Crippen LogP contribution in [0.4, 0.5) is 0 Å². The third kappa shape index (κ3) is 8.16. The molecular formula is C61H53IrN3O-2. The van der Waals surface area contributed by atoms with Gasteiger partial charge in [-0.15, -0.1) is 53.6 Å². The van der Waals surface area contributed by atoms with E-state index in [9.17, 15) is 0 Å². The Balaban J connectivity index is 0.000000296. The molecule has 0 saturated heterocycles. The molecule has 0 bridgehead atoms. The molecule has 0 spiro atoms. The Morgan fingerprint density at radius 1 is 0.667 bits per heavy atom. The quantitative estimate of drug-likeness (QED) is 0.123. The minimum Gasteiger partial charge on any atom is -0.501 e. The van der Waals surface area contributed by atoms with E-state index in [4.69, 9.17) is 13.5 Å². The van der Waals surface area contributed by atoms with Crippen molar-refractivity contribution in [1.82, 2.24) is 14.5 Å². The molecule has 0 unspecified atom stereocenters. The molecule has 0 aliphatic rings. The van der Waals surface area contributed by atoms with Crippen LogP contribution in [0, 0.1) is 19.0 Å². The van der Waals surface area contributed by atoms with Crippen molar-refractivity contribution in [3.63, 3.8) is 0 Å². The molecule has 3 heterocycles. The van der Waals surface area contributed by atoms with E-state index in [0.717, 1.165) is 54.9 Å². The number of imidazole rings is 1. The second kappa shape index (κ2) is 18.0. The van der Waals surface area contributed by atoms with Crippen molar-refractivity contribution in [3.8, 4) is 39.5 Å². The number of para-hydroxylation sites is 2. The van der Waals surface area contributed by atoms with E-state index in [1.54, 1.807) is 6.07 Å². The molecule has 0 N–H and O–H groups in total. The van der Waals surface area contributed by atoms with Crippen molar-refractivity contribution in [2.24, 2.45) is 0 Å². The molecule has 8 aromatic carbocycles. The van der Waals surface area contributed by atoms with Crippen molar-refractivity contribution in [2.75, 3.05) is 0 Å². The number of fused-ring (bicyclic) bond motifs is 7. The maximum absolute atomic E-state index is 8.57. The van der Waals surface area contributed by atoms with Gasteiger partial charge in [0.1, 0.15) is 5.58 Å². The first-order valence-corrected chi connectivity index (χ1v) is 22.5. The van der Waals surface area contributed by atoms with Gasteiger partial charge in [0.25, 0.3) is 0 Å². The summed E-state index contributed by atoms with van der Waals surface area (Å²) in [7, 11) is 0. The van der Waals surface area contributed by atoms with Crippen LogP contribution in [0.25, 0.3) is 94.0 Å². The van der Waals surface area contributed by atoms with Crippen molar-refractivity contribution in [1.29, 1.82) is 0 Å². The molecule has 1 radical (unpaired) electrons. The standard InChI is InChI=1S/C46H37N2O.C15H16N.Ir/c1-27(2)36-24-33(30-13-7-6-8-14-30)25-37(28(3)4)44(36)48-41-18-12-11-17-40(41)47-46(48)35-22-19-29(5)43-39-23-32-21-20-31-15-9-10-16-34(31)38(32)26-42(39)49-45(35)43;1-15(2,3)13-9-10-16-14(11-13)12-7-5-4-6-8-12;/h6-21,23-28H,1-5H3;4-7,9-11H,1-3H3;/q2*-1;/i5D3;;. The third-order valence-electron chi connectivity index (χ3n) is 12.5. The van der Waals surface area contributed by atoms with E-state index in [1.165, 1.54) is 27.8 Å². The minimum absolute atomic E-state index is 0. The summed E-state index contributed by atoms with van der Waals surface area (Å²) in [6, 6.07) is 60.3. The van der Waals surface area contributed by atoms with Gasteiger partial charge in [-0.3, -0.25) is 4.98 Å². The Hall–Kier alpha value is -6.65. The number of aryl methyl sites for hydroxylation is 1. The summed E-state index contributed by atoms with van der Waals surface area (Å²) in [5.74, 6) is 1.05. The second-order valence-corrected chi connectivity index (χ2v) is 18.6. The van der Waals surface area contributed by atoms with Crippen LogP contribution in [0.5, 0.6) is 0 Å². The summed E-state index contributed by atoms with van der Waals surface area (Å²) in [5.41, 5.74) is 13.1. The summed E-state index contributed by atoms with van der Waals surface area (Å²) in [6.45, 7) is 13.2. The van der Waals surface area contributed by atoms with Gasteiger partial charge < -0.3 is 14.0 Å². The molecule has 0 aliphatic carbocycles. The summed E-state index contributed by atoms with van der Waals surface area (Å²) in [5, 5.41) is 5.67. The smallest absolute Gasteiger partial charge is 0.121 e. The molecule has 0 aliphatic heterocycles. The van der Waals surface area contributed by atoms with Gasteiger partial charge in [-0.25, -0.2) is 0 Å². The van der Waals surface area contributed by atoms with Crippen molar-refractivity contribution in [3.05, 3.63) is 198 Å². The van der Waals surface area contributed by atoms with Crippen LogP contribution < -0.4 is 0 Å². The molecule has 329 valence electrons. The van der Waals surface area contributed by atoms with E-state index in [-0.39, 0.29) is 42.9 Å². The summed E-state index contributed by atoms with van der Waals surface area (Å²) >= 11 is 0. The van der Waals surface area contributed by atoms with Crippen molar-refractivity contribution < 1.29 is 28.6 Å². The summed E-state index contributed by atoms with van der Waals surface area (Å²) in [4.78, 5) is 9.67. The van der Waals surface area contributed by atoms with Crippen LogP contribution in [0.15, 0.2) is 168 Å². The van der Waals surface area contributed by atoms with Gasteiger partial charge in [0.2, 0.25) is 0 Å². The predicted octanol–water partition coefficient (Wildman–Crippen LogP) is 16.8. The van der Waals surface area contributed by atoms with Gasteiger partial charge >= 0.3 is 0 Å². The van der Waals surface area contributed by atoms with E-state index >= 15 is 0 Å². The zero-order valence-electron chi connectivity index (χ0n) is 41.3. The first-order valence-electron chi connectivity index (χ1n) is 24.0. The minimum atomic E-state index is -2.38. The number of nitrogens with zero attached hydrogens (tertiary/aromatic N) is 3. The average Bonchev–Trinajstić information content (AvgIpc) is 3.91. The predicted molar refractivity (Wildman–Crippen MR) is 273 cm³/mol. The third-order valence-corrected chi connectivity index (χ3v) is 12.5. The average molecular weight is 1040 g/mol. The second-order valence-electron chi connectivity index (χ2n) is 18.6. The molecular weight excluding hydrogens is 983 g/mol. The molecule has 0 fully saturated rings. The number of benzene rings is 8. The molecule has 11 rings (SSSR count). The molecule has 5 heteroatoms. The normalized spacial score (nSPS) is 12.7. The van der Waals surface area contributed by atoms with Crippen LogP contribution in [-0.2, 0) is 25.5 Å². The van der Waals surface area contributed by atoms with Gasteiger partial charge in [-0.2, -0.15) is 0 Å². The molecule has 11 aromatic rings. The van der Waals surface area contributed by atoms with E-state index in [2.05, 4.69) is 161 Å². The Bertz CT molecular complexity index is 3630. The van der Waals surface area contributed by atoms with Crippen LogP contribution in [0.1, 0.15) is 86.7 Å². The number of pyridine rings is 1.